The summed E-state index contributed by atoms with van der Waals surface area (Å²) in [6.45, 7) is 1.67. The van der Waals surface area contributed by atoms with E-state index >= 15 is 0 Å². The number of phenols is 1. The SMILES string of the molecule is Cc1ccc(S(=O)(=O)N2c3ccc(Cl)cc3C(c3ccccc3Cl)C2C(=O)N(C)C)cc1O. The minimum absolute atomic E-state index is 0.122. The molecule has 1 aliphatic rings. The zero-order valence-electron chi connectivity index (χ0n) is 18.2. The molecular formula is C24H22Cl2N2O4S. The quantitative estimate of drug-likeness (QED) is 0.553. The van der Waals surface area contributed by atoms with Gasteiger partial charge in [-0.3, -0.25) is 9.10 Å². The van der Waals surface area contributed by atoms with Gasteiger partial charge in [-0.1, -0.05) is 47.5 Å². The zero-order valence-corrected chi connectivity index (χ0v) is 20.5. The van der Waals surface area contributed by atoms with Crippen LogP contribution in [-0.4, -0.2) is 44.5 Å². The topological polar surface area (TPSA) is 77.9 Å². The van der Waals surface area contributed by atoms with E-state index in [1.807, 2.05) is 0 Å². The molecular weight excluding hydrogens is 483 g/mol. The van der Waals surface area contributed by atoms with Crippen LogP contribution in [0.4, 0.5) is 5.69 Å². The second-order valence-electron chi connectivity index (χ2n) is 8.13. The Kier molecular flexibility index (Phi) is 6.07. The fraction of sp³-hybridized carbons (Fsp3) is 0.208. The lowest BCUT2D eigenvalue weighted by Crippen LogP contribution is -2.49. The van der Waals surface area contributed by atoms with Crippen LogP contribution < -0.4 is 4.31 Å². The molecule has 4 rings (SSSR count). The molecule has 0 saturated heterocycles. The van der Waals surface area contributed by atoms with Crippen LogP contribution in [0.1, 0.15) is 22.6 Å². The number of anilines is 1. The van der Waals surface area contributed by atoms with Crippen molar-refractivity contribution < 1.29 is 18.3 Å². The number of aromatic hydroxyl groups is 1. The van der Waals surface area contributed by atoms with Gasteiger partial charge in [0, 0.05) is 36.1 Å². The van der Waals surface area contributed by atoms with E-state index in [1.54, 1.807) is 63.5 Å². The second-order valence-corrected chi connectivity index (χ2v) is 10.8. The summed E-state index contributed by atoms with van der Waals surface area (Å²) in [5.74, 6) is -1.24. The van der Waals surface area contributed by atoms with Crippen LogP contribution in [-0.2, 0) is 14.8 Å². The molecule has 0 radical (unpaired) electrons. The van der Waals surface area contributed by atoms with E-state index in [4.69, 9.17) is 23.2 Å². The van der Waals surface area contributed by atoms with E-state index in [-0.39, 0.29) is 10.6 Å². The summed E-state index contributed by atoms with van der Waals surface area (Å²) >= 11 is 12.8. The fourth-order valence-corrected chi connectivity index (χ4v) is 6.24. The predicted molar refractivity (Wildman–Crippen MR) is 130 cm³/mol. The van der Waals surface area contributed by atoms with Gasteiger partial charge in [-0.15, -0.1) is 0 Å². The van der Waals surface area contributed by atoms with Gasteiger partial charge in [0.2, 0.25) is 5.91 Å². The highest BCUT2D eigenvalue weighted by Crippen LogP contribution is 2.50. The van der Waals surface area contributed by atoms with Crippen molar-refractivity contribution in [1.82, 2.24) is 4.90 Å². The summed E-state index contributed by atoms with van der Waals surface area (Å²) in [6, 6.07) is 14.9. The van der Waals surface area contributed by atoms with E-state index in [9.17, 15) is 18.3 Å². The van der Waals surface area contributed by atoms with E-state index < -0.39 is 27.9 Å². The number of nitrogens with zero attached hydrogens (tertiary/aromatic N) is 2. The monoisotopic (exact) mass is 504 g/mol. The number of carbonyl (C=O) groups excluding carboxylic acids is 1. The number of halogens is 2. The minimum atomic E-state index is -4.25. The van der Waals surface area contributed by atoms with Crippen molar-refractivity contribution in [2.45, 2.75) is 23.8 Å². The molecule has 1 aliphatic heterocycles. The molecule has 1 heterocycles. The van der Waals surface area contributed by atoms with Crippen LogP contribution in [0.5, 0.6) is 5.75 Å². The maximum Gasteiger partial charge on any atom is 0.265 e. The molecule has 3 aromatic carbocycles. The predicted octanol–water partition coefficient (Wildman–Crippen LogP) is 4.81. The molecule has 0 aliphatic carbocycles. The van der Waals surface area contributed by atoms with Crippen LogP contribution in [0.25, 0.3) is 0 Å². The third kappa shape index (κ3) is 3.94. The highest BCUT2D eigenvalue weighted by atomic mass is 35.5. The van der Waals surface area contributed by atoms with Crippen LogP contribution >= 0.6 is 23.2 Å². The number of sulfonamides is 1. The molecule has 33 heavy (non-hydrogen) atoms. The van der Waals surface area contributed by atoms with Gasteiger partial charge >= 0.3 is 0 Å². The van der Waals surface area contributed by atoms with Gasteiger partial charge in [0.25, 0.3) is 10.0 Å². The number of hydrogen-bond donors (Lipinski definition) is 1. The summed E-state index contributed by atoms with van der Waals surface area (Å²) in [6.07, 6.45) is 0. The molecule has 172 valence electrons. The Morgan fingerprint density at radius 3 is 2.33 bits per heavy atom. The van der Waals surface area contributed by atoms with Crippen molar-refractivity contribution >= 4 is 44.8 Å². The Morgan fingerprint density at radius 1 is 1.00 bits per heavy atom. The lowest BCUT2D eigenvalue weighted by Gasteiger charge is -2.31. The average Bonchev–Trinajstić information content (AvgIpc) is 3.10. The average molecular weight is 505 g/mol. The second kappa shape index (κ2) is 8.56. The number of aryl methyl sites for hydroxylation is 1. The fourth-order valence-electron chi connectivity index (χ4n) is 4.15. The first-order valence-corrected chi connectivity index (χ1v) is 12.3. The van der Waals surface area contributed by atoms with Gasteiger partial charge in [-0.2, -0.15) is 0 Å². The summed E-state index contributed by atoms with van der Waals surface area (Å²) in [5, 5.41) is 11.0. The van der Waals surface area contributed by atoms with E-state index in [1.165, 1.54) is 23.1 Å². The van der Waals surface area contributed by atoms with Gasteiger partial charge in [0.1, 0.15) is 11.8 Å². The van der Waals surface area contributed by atoms with Crippen molar-refractivity contribution in [2.75, 3.05) is 18.4 Å². The largest absolute Gasteiger partial charge is 0.508 e. The first-order valence-electron chi connectivity index (χ1n) is 10.1. The highest BCUT2D eigenvalue weighted by Gasteiger charge is 2.50. The number of rotatable bonds is 4. The Labute approximate surface area is 203 Å². The molecule has 0 spiro atoms. The summed E-state index contributed by atoms with van der Waals surface area (Å²) < 4.78 is 29.0. The summed E-state index contributed by atoms with van der Waals surface area (Å²) in [5.41, 5.74) is 2.07. The van der Waals surface area contributed by atoms with Gasteiger partial charge in [-0.05, 0) is 53.9 Å². The maximum atomic E-state index is 13.9. The van der Waals surface area contributed by atoms with Gasteiger partial charge < -0.3 is 10.0 Å². The van der Waals surface area contributed by atoms with Crippen LogP contribution in [0.15, 0.2) is 65.6 Å². The molecule has 0 bridgehead atoms. The van der Waals surface area contributed by atoms with E-state index in [0.717, 1.165) is 4.31 Å². The molecule has 2 atom stereocenters. The Hall–Kier alpha value is -2.74. The smallest absolute Gasteiger partial charge is 0.265 e. The lowest BCUT2D eigenvalue weighted by atomic mass is 9.87. The summed E-state index contributed by atoms with van der Waals surface area (Å²) in [7, 11) is -1.10. The standard InChI is InChI=1S/C24H22Cl2N2O4S/c1-14-8-10-16(13-21(14)29)33(31,32)28-20-11-9-15(25)12-18(20)22(23(28)24(30)27(2)3)17-6-4-5-7-19(17)26/h4-13,22-23,29H,1-3H3. The van der Waals surface area contributed by atoms with Crippen molar-refractivity contribution in [3.8, 4) is 5.75 Å². The number of carbonyl (C=O) groups is 1. The number of amides is 1. The van der Waals surface area contributed by atoms with Crippen LogP contribution in [0, 0.1) is 6.92 Å². The normalized spacial score (nSPS) is 17.7. The molecule has 6 nitrogen and oxygen atoms in total. The third-order valence-corrected chi connectivity index (χ3v) is 8.17. The summed E-state index contributed by atoms with van der Waals surface area (Å²) in [4.78, 5) is 14.7. The minimum Gasteiger partial charge on any atom is -0.508 e. The lowest BCUT2D eigenvalue weighted by molar-refractivity contribution is -0.130. The first kappa shape index (κ1) is 23.4. The molecule has 1 amide bonds. The molecule has 0 aromatic heterocycles. The molecule has 2 unspecified atom stereocenters. The third-order valence-electron chi connectivity index (χ3n) is 5.80. The Bertz CT molecular complexity index is 1360. The zero-order chi connectivity index (χ0) is 24.1. The van der Waals surface area contributed by atoms with Crippen molar-refractivity contribution in [3.63, 3.8) is 0 Å². The van der Waals surface area contributed by atoms with Gasteiger partial charge in [0.15, 0.2) is 0 Å². The number of hydrogen-bond acceptors (Lipinski definition) is 4. The number of likely N-dealkylation sites (N-methyl/N-ethyl adjacent to an activating group) is 1. The molecule has 0 fully saturated rings. The molecule has 0 saturated carbocycles. The Balaban J connectivity index is 2.02. The van der Waals surface area contributed by atoms with E-state index in [0.29, 0.717) is 32.4 Å². The van der Waals surface area contributed by atoms with E-state index in [2.05, 4.69) is 0 Å². The maximum absolute atomic E-state index is 13.9. The molecule has 3 aromatic rings. The van der Waals surface area contributed by atoms with Crippen LogP contribution in [0.3, 0.4) is 0 Å². The first-order chi connectivity index (χ1) is 15.5. The number of benzene rings is 3. The highest BCUT2D eigenvalue weighted by molar-refractivity contribution is 7.93. The number of fused-ring (bicyclic) bond motifs is 1. The molecule has 1 N–H and O–H groups in total. The van der Waals surface area contributed by atoms with Crippen molar-refractivity contribution in [1.29, 1.82) is 0 Å². The number of phenolic OH excluding ortho intramolecular Hbond substituents is 1. The van der Waals surface area contributed by atoms with Gasteiger partial charge in [0.05, 0.1) is 10.6 Å². The van der Waals surface area contributed by atoms with Crippen LogP contribution in [0.2, 0.25) is 10.0 Å². The molecule has 9 heteroatoms. The van der Waals surface area contributed by atoms with Gasteiger partial charge in [-0.25, -0.2) is 8.42 Å². The van der Waals surface area contributed by atoms with Crippen molar-refractivity contribution in [3.05, 3.63) is 87.4 Å². The Morgan fingerprint density at radius 2 is 1.70 bits per heavy atom. The van der Waals surface area contributed by atoms with Crippen molar-refractivity contribution in [2.24, 2.45) is 0 Å².